The molecule has 0 bridgehead atoms. The molecule has 7 heteroatoms. The van der Waals surface area contributed by atoms with E-state index in [1.807, 2.05) is 0 Å². The third-order valence-electron chi connectivity index (χ3n) is 3.78. The summed E-state index contributed by atoms with van der Waals surface area (Å²) in [6.45, 7) is 7.54. The second-order valence-electron chi connectivity index (χ2n) is 7.12. The number of ether oxygens (including phenoxy) is 2. The molecule has 0 aromatic carbocycles. The summed E-state index contributed by atoms with van der Waals surface area (Å²) < 4.78 is 10.4. The van der Waals surface area contributed by atoms with Crippen molar-refractivity contribution in [3.05, 3.63) is 0 Å². The van der Waals surface area contributed by atoms with E-state index in [-0.39, 0.29) is 31.0 Å². The molecular weight excluding hydrogens is 300 g/mol. The molecule has 0 spiro atoms. The van der Waals surface area contributed by atoms with Crippen LogP contribution in [0, 0.1) is 5.92 Å². The van der Waals surface area contributed by atoms with Crippen LogP contribution < -0.4 is 5.32 Å². The standard InChI is InChI=1S/C16H26N2O5/c1-5-22-14(20)12-8-11(17-13(19)10-6-7-10)9-18(12)15(21)23-16(2,3)4/h10-12H,5-9H2,1-4H3,(H,17,19)/t11-,12?/m0/s1. The molecular formula is C16H26N2O5. The lowest BCUT2D eigenvalue weighted by Gasteiger charge is -2.27. The van der Waals surface area contributed by atoms with Crippen LogP contribution in [0.2, 0.25) is 0 Å². The number of carbonyl (C=O) groups excluding carboxylic acids is 3. The molecule has 0 aromatic heterocycles. The van der Waals surface area contributed by atoms with Crippen molar-refractivity contribution in [2.75, 3.05) is 13.2 Å². The molecule has 1 aliphatic heterocycles. The Kier molecular flexibility index (Phi) is 5.16. The van der Waals surface area contributed by atoms with E-state index in [0.717, 1.165) is 12.8 Å². The minimum Gasteiger partial charge on any atom is -0.464 e. The minimum absolute atomic E-state index is 0.00338. The van der Waals surface area contributed by atoms with Crippen molar-refractivity contribution < 1.29 is 23.9 Å². The predicted octanol–water partition coefficient (Wildman–Crippen LogP) is 1.45. The van der Waals surface area contributed by atoms with Crippen LogP contribution in [0.5, 0.6) is 0 Å². The van der Waals surface area contributed by atoms with Crippen LogP contribution in [0.3, 0.4) is 0 Å². The molecule has 2 amide bonds. The average molecular weight is 326 g/mol. The molecule has 1 saturated carbocycles. The summed E-state index contributed by atoms with van der Waals surface area (Å²) in [5, 5.41) is 2.92. The van der Waals surface area contributed by atoms with Gasteiger partial charge in [-0.25, -0.2) is 9.59 Å². The van der Waals surface area contributed by atoms with E-state index in [2.05, 4.69) is 5.32 Å². The topological polar surface area (TPSA) is 84.9 Å². The average Bonchev–Trinajstić information content (AvgIpc) is 3.18. The highest BCUT2D eigenvalue weighted by Gasteiger charge is 2.43. The number of nitrogens with one attached hydrogen (secondary N) is 1. The van der Waals surface area contributed by atoms with Crippen molar-refractivity contribution in [1.82, 2.24) is 10.2 Å². The first-order chi connectivity index (χ1) is 10.7. The maximum absolute atomic E-state index is 12.3. The molecule has 0 aromatic rings. The van der Waals surface area contributed by atoms with Gasteiger partial charge in [0, 0.05) is 24.9 Å². The fourth-order valence-electron chi connectivity index (χ4n) is 2.59. The molecule has 1 saturated heterocycles. The largest absolute Gasteiger partial charge is 0.464 e. The first-order valence-electron chi connectivity index (χ1n) is 8.18. The quantitative estimate of drug-likeness (QED) is 0.791. The number of likely N-dealkylation sites (tertiary alicyclic amines) is 1. The molecule has 1 unspecified atom stereocenters. The first-order valence-corrected chi connectivity index (χ1v) is 8.18. The molecule has 2 atom stereocenters. The van der Waals surface area contributed by atoms with Crippen molar-refractivity contribution in [1.29, 1.82) is 0 Å². The number of hydrogen-bond acceptors (Lipinski definition) is 5. The Morgan fingerprint density at radius 1 is 1.22 bits per heavy atom. The normalized spacial score (nSPS) is 24.3. The van der Waals surface area contributed by atoms with Gasteiger partial charge >= 0.3 is 12.1 Å². The second-order valence-corrected chi connectivity index (χ2v) is 7.12. The Balaban J connectivity index is 2.03. The van der Waals surface area contributed by atoms with Gasteiger partial charge in [0.15, 0.2) is 0 Å². The van der Waals surface area contributed by atoms with Gasteiger partial charge in [-0.3, -0.25) is 9.69 Å². The number of hydrogen-bond donors (Lipinski definition) is 1. The van der Waals surface area contributed by atoms with E-state index in [1.165, 1.54) is 4.90 Å². The molecule has 1 heterocycles. The van der Waals surface area contributed by atoms with E-state index in [4.69, 9.17) is 9.47 Å². The summed E-state index contributed by atoms with van der Waals surface area (Å²) in [6.07, 6.45) is 1.63. The first kappa shape index (κ1) is 17.6. The molecule has 0 radical (unpaired) electrons. The van der Waals surface area contributed by atoms with Gasteiger partial charge < -0.3 is 14.8 Å². The fraction of sp³-hybridized carbons (Fsp3) is 0.812. The molecule has 2 aliphatic rings. The Morgan fingerprint density at radius 2 is 1.87 bits per heavy atom. The maximum Gasteiger partial charge on any atom is 0.411 e. The van der Waals surface area contributed by atoms with Crippen molar-refractivity contribution in [2.45, 2.75) is 64.6 Å². The Labute approximate surface area is 136 Å². The maximum atomic E-state index is 12.3. The van der Waals surface area contributed by atoms with E-state index in [1.54, 1.807) is 27.7 Å². The third-order valence-corrected chi connectivity index (χ3v) is 3.78. The molecule has 2 rings (SSSR count). The monoisotopic (exact) mass is 326 g/mol. The molecule has 23 heavy (non-hydrogen) atoms. The Hall–Kier alpha value is -1.79. The summed E-state index contributed by atoms with van der Waals surface area (Å²) in [5.41, 5.74) is -0.647. The lowest BCUT2D eigenvalue weighted by Crippen LogP contribution is -2.44. The van der Waals surface area contributed by atoms with Gasteiger partial charge in [-0.1, -0.05) is 0 Å². The van der Waals surface area contributed by atoms with Gasteiger partial charge in [0.25, 0.3) is 0 Å². The zero-order chi connectivity index (χ0) is 17.2. The SMILES string of the molecule is CCOC(=O)C1C[C@H](NC(=O)C2CC2)CN1C(=O)OC(C)(C)C. The highest BCUT2D eigenvalue weighted by Crippen LogP contribution is 2.30. The van der Waals surface area contributed by atoms with E-state index >= 15 is 0 Å². The Morgan fingerprint density at radius 3 is 2.39 bits per heavy atom. The summed E-state index contributed by atoms with van der Waals surface area (Å²) in [7, 11) is 0. The van der Waals surface area contributed by atoms with Crippen molar-refractivity contribution in [2.24, 2.45) is 5.92 Å². The number of carbonyl (C=O) groups is 3. The molecule has 1 N–H and O–H groups in total. The van der Waals surface area contributed by atoms with Crippen LogP contribution in [0.1, 0.15) is 47.0 Å². The van der Waals surface area contributed by atoms with E-state index < -0.39 is 23.7 Å². The van der Waals surface area contributed by atoms with Gasteiger partial charge in [-0.05, 0) is 40.5 Å². The van der Waals surface area contributed by atoms with Crippen molar-refractivity contribution in [3.8, 4) is 0 Å². The molecule has 130 valence electrons. The summed E-state index contributed by atoms with van der Waals surface area (Å²) in [5.74, 6) is -0.364. The highest BCUT2D eigenvalue weighted by atomic mass is 16.6. The number of esters is 1. The molecule has 1 aliphatic carbocycles. The summed E-state index contributed by atoms with van der Waals surface area (Å²) >= 11 is 0. The number of rotatable bonds is 4. The number of nitrogens with zero attached hydrogens (tertiary/aromatic N) is 1. The van der Waals surface area contributed by atoms with Crippen LogP contribution in [-0.2, 0) is 19.1 Å². The number of amides is 2. The van der Waals surface area contributed by atoms with Crippen molar-refractivity contribution >= 4 is 18.0 Å². The van der Waals surface area contributed by atoms with Crippen molar-refractivity contribution in [3.63, 3.8) is 0 Å². The van der Waals surface area contributed by atoms with E-state index in [9.17, 15) is 14.4 Å². The van der Waals surface area contributed by atoms with Crippen LogP contribution >= 0.6 is 0 Å². The van der Waals surface area contributed by atoms with E-state index in [0.29, 0.717) is 6.42 Å². The van der Waals surface area contributed by atoms with Crippen LogP contribution in [-0.4, -0.2) is 53.7 Å². The fourth-order valence-corrected chi connectivity index (χ4v) is 2.59. The highest BCUT2D eigenvalue weighted by molar-refractivity contribution is 5.84. The lowest BCUT2D eigenvalue weighted by atomic mass is 10.1. The minimum atomic E-state index is -0.714. The lowest BCUT2D eigenvalue weighted by molar-refractivity contribution is -0.148. The van der Waals surface area contributed by atoms with Gasteiger partial charge in [-0.15, -0.1) is 0 Å². The summed E-state index contributed by atoms with van der Waals surface area (Å²) in [6, 6.07) is -0.959. The van der Waals surface area contributed by atoms with Crippen LogP contribution in [0.4, 0.5) is 4.79 Å². The zero-order valence-electron chi connectivity index (χ0n) is 14.3. The molecule has 7 nitrogen and oxygen atoms in total. The third kappa shape index (κ3) is 4.84. The second kappa shape index (κ2) is 6.76. The Bertz CT molecular complexity index is 481. The van der Waals surface area contributed by atoms with Gasteiger partial charge in [-0.2, -0.15) is 0 Å². The van der Waals surface area contributed by atoms with Gasteiger partial charge in [0.1, 0.15) is 11.6 Å². The smallest absolute Gasteiger partial charge is 0.411 e. The van der Waals surface area contributed by atoms with Crippen LogP contribution in [0.25, 0.3) is 0 Å². The van der Waals surface area contributed by atoms with Crippen LogP contribution in [0.15, 0.2) is 0 Å². The predicted molar refractivity (Wildman–Crippen MR) is 82.6 cm³/mol. The van der Waals surface area contributed by atoms with Gasteiger partial charge in [0.05, 0.1) is 6.61 Å². The molecule has 2 fully saturated rings. The zero-order valence-corrected chi connectivity index (χ0v) is 14.3. The van der Waals surface area contributed by atoms with Gasteiger partial charge in [0.2, 0.25) is 5.91 Å². The summed E-state index contributed by atoms with van der Waals surface area (Å²) in [4.78, 5) is 37.7.